The van der Waals surface area contributed by atoms with Gasteiger partial charge in [0, 0.05) is 5.56 Å². The largest absolute Gasteiger partial charge is 0.493 e. The first-order chi connectivity index (χ1) is 11.4. The lowest BCUT2D eigenvalue weighted by atomic mass is 10.1. The van der Waals surface area contributed by atoms with Gasteiger partial charge in [0.05, 0.1) is 26.4 Å². The third-order valence-corrected chi connectivity index (χ3v) is 4.35. The third kappa shape index (κ3) is 4.81. The van der Waals surface area contributed by atoms with Gasteiger partial charge in [-0.1, -0.05) is 48.5 Å². The van der Waals surface area contributed by atoms with Crippen LogP contribution in [0, 0.1) is 0 Å². The second-order valence-corrected chi connectivity index (χ2v) is 6.03. The van der Waals surface area contributed by atoms with E-state index in [4.69, 9.17) is 9.47 Å². The number of unbranched alkanes of at least 4 members (excludes halogenated alkanes) is 1. The summed E-state index contributed by atoms with van der Waals surface area (Å²) in [7, 11) is 0. The van der Waals surface area contributed by atoms with Crippen molar-refractivity contribution in [3.63, 3.8) is 0 Å². The zero-order chi connectivity index (χ0) is 15.7. The predicted octanol–water partition coefficient (Wildman–Crippen LogP) is 2.43. The average Bonchev–Trinajstić information content (AvgIpc) is 2.63. The number of ether oxygens (including phenoxy) is 2. The fourth-order valence-corrected chi connectivity index (χ4v) is 3.02. The molecule has 0 atom stereocenters. The Morgan fingerprint density at radius 1 is 0.870 bits per heavy atom. The molecular weight excluding hydrogens is 286 g/mol. The SMILES string of the molecule is c1ccc(-c2ccccc2OCCCC[NH+]2CCOCC2)cc1. The van der Waals surface area contributed by atoms with Crippen molar-refractivity contribution in [3.8, 4) is 16.9 Å². The van der Waals surface area contributed by atoms with Crippen LogP contribution in [0.15, 0.2) is 54.6 Å². The Morgan fingerprint density at radius 2 is 1.61 bits per heavy atom. The fraction of sp³-hybridized carbons (Fsp3) is 0.400. The van der Waals surface area contributed by atoms with Gasteiger partial charge in [0.2, 0.25) is 0 Å². The van der Waals surface area contributed by atoms with Crippen LogP contribution in [0.1, 0.15) is 12.8 Å². The Labute approximate surface area is 138 Å². The lowest BCUT2D eigenvalue weighted by molar-refractivity contribution is -0.908. The highest BCUT2D eigenvalue weighted by atomic mass is 16.5. The van der Waals surface area contributed by atoms with E-state index >= 15 is 0 Å². The van der Waals surface area contributed by atoms with Gasteiger partial charge >= 0.3 is 0 Å². The maximum absolute atomic E-state index is 6.05. The molecule has 122 valence electrons. The van der Waals surface area contributed by atoms with Crippen molar-refractivity contribution in [1.82, 2.24) is 0 Å². The average molecular weight is 312 g/mol. The maximum atomic E-state index is 6.05. The quantitative estimate of drug-likeness (QED) is 0.794. The molecule has 0 spiro atoms. The molecule has 3 heteroatoms. The number of benzene rings is 2. The molecule has 0 radical (unpaired) electrons. The van der Waals surface area contributed by atoms with Gasteiger partial charge in [-0.25, -0.2) is 0 Å². The Balaban J connectivity index is 1.47. The highest BCUT2D eigenvalue weighted by Gasteiger charge is 2.12. The summed E-state index contributed by atoms with van der Waals surface area (Å²) in [6, 6.07) is 18.7. The predicted molar refractivity (Wildman–Crippen MR) is 93.0 cm³/mol. The van der Waals surface area contributed by atoms with Crippen LogP contribution >= 0.6 is 0 Å². The zero-order valence-corrected chi connectivity index (χ0v) is 13.7. The molecular formula is C20H26NO2+. The number of quaternary nitrogens is 1. The Hall–Kier alpha value is -1.84. The monoisotopic (exact) mass is 312 g/mol. The van der Waals surface area contributed by atoms with Crippen LogP contribution < -0.4 is 9.64 Å². The molecule has 1 saturated heterocycles. The lowest BCUT2D eigenvalue weighted by Crippen LogP contribution is -3.14. The molecule has 1 heterocycles. The summed E-state index contributed by atoms with van der Waals surface area (Å²) in [5.74, 6) is 0.984. The molecule has 1 aliphatic rings. The third-order valence-electron chi connectivity index (χ3n) is 4.35. The van der Waals surface area contributed by atoms with E-state index in [1.165, 1.54) is 24.1 Å². The molecule has 0 aromatic heterocycles. The van der Waals surface area contributed by atoms with E-state index < -0.39 is 0 Å². The first-order valence-corrected chi connectivity index (χ1v) is 8.62. The van der Waals surface area contributed by atoms with Gasteiger partial charge in [-0.05, 0) is 24.5 Å². The molecule has 0 amide bonds. The van der Waals surface area contributed by atoms with Gasteiger partial charge < -0.3 is 14.4 Å². The summed E-state index contributed by atoms with van der Waals surface area (Å²) in [6.07, 6.45) is 2.32. The molecule has 3 nitrogen and oxygen atoms in total. The molecule has 0 aliphatic carbocycles. The van der Waals surface area contributed by atoms with Gasteiger partial charge in [-0.15, -0.1) is 0 Å². The number of hydrogen-bond acceptors (Lipinski definition) is 2. The summed E-state index contributed by atoms with van der Waals surface area (Å²) in [4.78, 5) is 1.67. The van der Waals surface area contributed by atoms with Crippen molar-refractivity contribution in [3.05, 3.63) is 54.6 Å². The molecule has 2 aromatic rings. The van der Waals surface area contributed by atoms with Crippen molar-refractivity contribution in [2.75, 3.05) is 39.5 Å². The van der Waals surface area contributed by atoms with Crippen LogP contribution in [0.25, 0.3) is 11.1 Å². The maximum Gasteiger partial charge on any atom is 0.127 e. The van der Waals surface area contributed by atoms with Gasteiger partial charge in [-0.2, -0.15) is 0 Å². The van der Waals surface area contributed by atoms with E-state index in [2.05, 4.69) is 42.5 Å². The molecule has 1 aliphatic heterocycles. The Morgan fingerprint density at radius 3 is 2.43 bits per heavy atom. The van der Waals surface area contributed by atoms with E-state index in [0.29, 0.717) is 0 Å². The van der Waals surface area contributed by atoms with Crippen molar-refractivity contribution in [2.45, 2.75) is 12.8 Å². The minimum Gasteiger partial charge on any atom is -0.493 e. The van der Waals surface area contributed by atoms with Gasteiger partial charge in [0.15, 0.2) is 0 Å². The zero-order valence-electron chi connectivity index (χ0n) is 13.7. The van der Waals surface area contributed by atoms with E-state index in [0.717, 1.165) is 45.1 Å². The van der Waals surface area contributed by atoms with E-state index in [-0.39, 0.29) is 0 Å². The molecule has 0 bridgehead atoms. The first-order valence-electron chi connectivity index (χ1n) is 8.62. The van der Waals surface area contributed by atoms with Crippen molar-refractivity contribution >= 4 is 0 Å². The van der Waals surface area contributed by atoms with Gasteiger partial charge in [-0.3, -0.25) is 0 Å². The smallest absolute Gasteiger partial charge is 0.127 e. The van der Waals surface area contributed by atoms with E-state index in [1.54, 1.807) is 4.90 Å². The topological polar surface area (TPSA) is 22.9 Å². The second kappa shape index (κ2) is 8.70. The van der Waals surface area contributed by atoms with Crippen LogP contribution in [-0.2, 0) is 4.74 Å². The Kier molecular flexibility index (Phi) is 6.07. The van der Waals surface area contributed by atoms with Crippen LogP contribution in [0.3, 0.4) is 0 Å². The Bertz CT molecular complexity index is 579. The number of para-hydroxylation sites is 1. The molecule has 1 N–H and O–H groups in total. The van der Waals surface area contributed by atoms with Crippen molar-refractivity contribution in [1.29, 1.82) is 0 Å². The summed E-state index contributed by atoms with van der Waals surface area (Å²) in [5.41, 5.74) is 2.38. The first kappa shape index (κ1) is 16.0. The standard InChI is InChI=1S/C20H25NO2/c1-2-8-18(9-3-1)19-10-4-5-11-20(19)23-15-7-6-12-21-13-16-22-17-14-21/h1-5,8-11H,6-7,12-17H2/p+1. The van der Waals surface area contributed by atoms with Gasteiger partial charge in [0.1, 0.15) is 18.8 Å². The molecule has 1 fully saturated rings. The number of morpholine rings is 1. The lowest BCUT2D eigenvalue weighted by Gasteiger charge is -2.23. The minimum absolute atomic E-state index is 0.785. The number of rotatable bonds is 7. The van der Waals surface area contributed by atoms with Crippen LogP contribution in [-0.4, -0.2) is 39.5 Å². The van der Waals surface area contributed by atoms with Gasteiger partial charge in [0.25, 0.3) is 0 Å². The summed E-state index contributed by atoms with van der Waals surface area (Å²) in [5, 5.41) is 0. The molecule has 23 heavy (non-hydrogen) atoms. The molecule has 0 saturated carbocycles. The summed E-state index contributed by atoms with van der Waals surface area (Å²) >= 11 is 0. The van der Waals surface area contributed by atoms with Crippen LogP contribution in [0.2, 0.25) is 0 Å². The summed E-state index contributed by atoms with van der Waals surface area (Å²) < 4.78 is 11.4. The van der Waals surface area contributed by atoms with Crippen molar-refractivity contribution < 1.29 is 14.4 Å². The molecule has 0 unspecified atom stereocenters. The molecule has 3 rings (SSSR count). The number of nitrogens with one attached hydrogen (secondary N) is 1. The normalized spacial score (nSPS) is 15.5. The second-order valence-electron chi connectivity index (χ2n) is 6.03. The number of hydrogen-bond donors (Lipinski definition) is 1. The fourth-order valence-electron chi connectivity index (χ4n) is 3.02. The summed E-state index contributed by atoms with van der Waals surface area (Å²) in [6.45, 7) is 6.14. The van der Waals surface area contributed by atoms with E-state index in [1.807, 2.05) is 12.1 Å². The highest BCUT2D eigenvalue weighted by molar-refractivity contribution is 5.70. The molecule has 2 aromatic carbocycles. The van der Waals surface area contributed by atoms with Crippen molar-refractivity contribution in [2.24, 2.45) is 0 Å². The minimum atomic E-state index is 0.785. The van der Waals surface area contributed by atoms with E-state index in [9.17, 15) is 0 Å². The van der Waals surface area contributed by atoms with Crippen LogP contribution in [0.5, 0.6) is 5.75 Å². The highest BCUT2D eigenvalue weighted by Crippen LogP contribution is 2.29. The van der Waals surface area contributed by atoms with Crippen LogP contribution in [0.4, 0.5) is 0 Å².